The predicted octanol–water partition coefficient (Wildman–Crippen LogP) is 5.69. The zero-order valence-corrected chi connectivity index (χ0v) is 29.7. The molecule has 1 aromatic heterocycles. The molecule has 3 N–H and O–H groups in total. The molecular formula is C37H47FN6O6S. The van der Waals surface area contributed by atoms with Gasteiger partial charge >= 0.3 is 6.03 Å². The summed E-state index contributed by atoms with van der Waals surface area (Å²) in [6.45, 7) is 2.57. The number of urea groups is 1. The van der Waals surface area contributed by atoms with Gasteiger partial charge in [0.1, 0.15) is 5.52 Å². The normalized spacial score (nSPS) is 18.8. The Morgan fingerprint density at radius 1 is 0.922 bits per heavy atom. The van der Waals surface area contributed by atoms with Gasteiger partial charge in [-0.3, -0.25) is 24.6 Å². The maximum absolute atomic E-state index is 14.8. The summed E-state index contributed by atoms with van der Waals surface area (Å²) in [4.78, 5) is 56.9. The number of unbranched alkanes of at least 4 members (excludes halogenated alkanes) is 7. The highest BCUT2D eigenvalue weighted by molar-refractivity contribution is 7.22. The van der Waals surface area contributed by atoms with Crippen molar-refractivity contribution in [2.45, 2.75) is 89.1 Å². The molecule has 12 nitrogen and oxygen atoms in total. The number of amides is 5. The Morgan fingerprint density at radius 3 is 2.27 bits per heavy atom. The number of aromatic nitrogens is 1. The predicted molar refractivity (Wildman–Crippen MR) is 194 cm³/mol. The van der Waals surface area contributed by atoms with Crippen molar-refractivity contribution >= 4 is 56.1 Å². The minimum atomic E-state index is -0.520. The van der Waals surface area contributed by atoms with Crippen molar-refractivity contribution in [2.24, 2.45) is 0 Å². The van der Waals surface area contributed by atoms with Crippen LogP contribution >= 0.6 is 11.3 Å². The molecule has 2 bridgehead atoms. The van der Waals surface area contributed by atoms with Crippen LogP contribution in [0.5, 0.6) is 5.75 Å². The van der Waals surface area contributed by atoms with E-state index in [1.807, 2.05) is 0 Å². The van der Waals surface area contributed by atoms with E-state index in [9.17, 15) is 23.6 Å². The number of anilines is 2. The number of carbonyl (C=O) groups excluding carboxylic acids is 4. The molecule has 3 aliphatic rings. The first kappa shape index (κ1) is 36.5. The topological polar surface area (TPSA) is 142 Å². The summed E-state index contributed by atoms with van der Waals surface area (Å²) in [6, 6.07) is 10.0. The molecular weight excluding hydrogens is 676 g/mol. The van der Waals surface area contributed by atoms with Crippen molar-refractivity contribution in [3.05, 3.63) is 47.8 Å². The highest BCUT2D eigenvalue weighted by atomic mass is 32.1. The number of fused-ring (bicyclic) bond motifs is 3. The molecule has 3 aromatic rings. The van der Waals surface area contributed by atoms with E-state index >= 15 is 0 Å². The number of nitrogens with zero attached hydrogens (tertiary/aromatic N) is 3. The first-order valence-electron chi connectivity index (χ1n) is 18.2. The SMILES string of the molecule is O=C(COc1c(F)ccc2sc(N3C4CCCC3COC4)nc12)NCCCCCCCCCCNC(=O)c1ccc(N2CCC(=O)NC2=O)cc1. The molecule has 3 saturated heterocycles. The molecule has 0 aliphatic carbocycles. The number of halogens is 1. The van der Waals surface area contributed by atoms with E-state index in [2.05, 4.69) is 20.9 Å². The van der Waals surface area contributed by atoms with E-state index in [0.29, 0.717) is 49.6 Å². The van der Waals surface area contributed by atoms with Crippen molar-refractivity contribution in [1.82, 2.24) is 20.9 Å². The van der Waals surface area contributed by atoms with Gasteiger partial charge in [-0.2, -0.15) is 0 Å². The average Bonchev–Trinajstić information content (AvgIpc) is 3.55. The molecule has 3 fully saturated rings. The van der Waals surface area contributed by atoms with E-state index in [1.54, 1.807) is 30.3 Å². The third kappa shape index (κ3) is 9.53. The van der Waals surface area contributed by atoms with Gasteiger partial charge in [-0.1, -0.05) is 49.9 Å². The summed E-state index contributed by atoms with van der Waals surface area (Å²) < 4.78 is 27.1. The third-order valence-electron chi connectivity index (χ3n) is 9.71. The number of carbonyl (C=O) groups is 4. The second-order valence-electron chi connectivity index (χ2n) is 13.4. The van der Waals surface area contributed by atoms with Gasteiger partial charge in [0.15, 0.2) is 23.3 Å². The van der Waals surface area contributed by atoms with Gasteiger partial charge in [-0.05, 0) is 68.5 Å². The minimum absolute atomic E-state index is 0.0304. The van der Waals surface area contributed by atoms with Gasteiger partial charge in [-0.25, -0.2) is 14.2 Å². The van der Waals surface area contributed by atoms with Crippen molar-refractivity contribution in [2.75, 3.05) is 49.3 Å². The van der Waals surface area contributed by atoms with Crippen LogP contribution < -0.4 is 30.5 Å². The Kier molecular flexibility index (Phi) is 12.7. The lowest BCUT2D eigenvalue weighted by Crippen LogP contribution is -2.55. The lowest BCUT2D eigenvalue weighted by Gasteiger charge is -2.45. The second-order valence-corrected chi connectivity index (χ2v) is 14.4. The lowest BCUT2D eigenvalue weighted by atomic mass is 9.95. The van der Waals surface area contributed by atoms with Crippen LogP contribution in [0, 0.1) is 5.82 Å². The van der Waals surface area contributed by atoms with Crippen LogP contribution in [0.2, 0.25) is 0 Å². The first-order valence-corrected chi connectivity index (χ1v) is 19.0. The molecule has 5 amide bonds. The number of thiazole rings is 1. The number of ether oxygens (including phenoxy) is 2. The average molecular weight is 723 g/mol. The summed E-state index contributed by atoms with van der Waals surface area (Å²) in [5.74, 6) is -1.20. The van der Waals surface area contributed by atoms with Crippen molar-refractivity contribution in [3.63, 3.8) is 0 Å². The lowest BCUT2D eigenvalue weighted by molar-refractivity contribution is -0.123. The Morgan fingerprint density at radius 2 is 1.59 bits per heavy atom. The highest BCUT2D eigenvalue weighted by Gasteiger charge is 2.36. The van der Waals surface area contributed by atoms with E-state index in [1.165, 1.54) is 28.7 Å². The van der Waals surface area contributed by atoms with Crippen LogP contribution in [0.15, 0.2) is 36.4 Å². The number of piperidine rings is 1. The zero-order valence-electron chi connectivity index (χ0n) is 28.9. The van der Waals surface area contributed by atoms with Gasteiger partial charge in [0.2, 0.25) is 5.91 Å². The van der Waals surface area contributed by atoms with Crippen molar-refractivity contribution in [1.29, 1.82) is 0 Å². The van der Waals surface area contributed by atoms with Crippen LogP contribution in [0.1, 0.15) is 87.4 Å². The smallest absolute Gasteiger partial charge is 0.328 e. The van der Waals surface area contributed by atoms with Gasteiger partial charge in [-0.15, -0.1) is 0 Å². The summed E-state index contributed by atoms with van der Waals surface area (Å²) in [5, 5.41) is 8.99. The van der Waals surface area contributed by atoms with Gasteiger partial charge in [0.25, 0.3) is 11.8 Å². The molecule has 2 atom stereocenters. The highest BCUT2D eigenvalue weighted by Crippen LogP contribution is 2.40. The number of hydrogen-bond acceptors (Lipinski definition) is 9. The monoisotopic (exact) mass is 722 g/mol. The standard InChI is InChI=1S/C37H47FN6O6S/c38-29-16-17-30-33(42-37(51-30)44-27-10-9-11-28(44)23-49-22-27)34(29)50-24-32(46)39-19-7-5-3-1-2-4-6-8-20-40-35(47)25-12-14-26(15-13-25)43-21-18-31(45)41-36(43)48/h12-17,27-28H,1-11,18-24H2,(H,39,46)(H,40,47)(H,41,45,48). The second kappa shape index (κ2) is 17.8. The number of morpholine rings is 1. The van der Waals surface area contributed by atoms with Crippen LogP contribution in [0.4, 0.5) is 20.0 Å². The Bertz CT molecular complexity index is 1660. The van der Waals surface area contributed by atoms with E-state index in [0.717, 1.165) is 74.0 Å². The number of nitrogens with one attached hydrogen (secondary N) is 3. The number of benzene rings is 2. The minimum Gasteiger partial charge on any atom is -0.478 e. The number of imide groups is 1. The van der Waals surface area contributed by atoms with E-state index < -0.39 is 11.8 Å². The van der Waals surface area contributed by atoms with Crippen LogP contribution in [0.25, 0.3) is 10.2 Å². The molecule has 274 valence electrons. The van der Waals surface area contributed by atoms with Crippen LogP contribution in [-0.2, 0) is 14.3 Å². The van der Waals surface area contributed by atoms with Crippen molar-refractivity contribution in [3.8, 4) is 5.75 Å². The fraction of sp³-hybridized carbons (Fsp3) is 0.541. The number of hydrogen-bond donors (Lipinski definition) is 3. The first-order chi connectivity index (χ1) is 24.9. The molecule has 3 aliphatic heterocycles. The molecule has 0 spiro atoms. The van der Waals surface area contributed by atoms with Gasteiger partial charge in [0, 0.05) is 37.3 Å². The Balaban J connectivity index is 0.796. The van der Waals surface area contributed by atoms with Gasteiger partial charge in [0.05, 0.1) is 30.0 Å². The summed E-state index contributed by atoms with van der Waals surface area (Å²) >= 11 is 1.53. The fourth-order valence-electron chi connectivity index (χ4n) is 6.96. The van der Waals surface area contributed by atoms with Gasteiger partial charge < -0.3 is 25.0 Å². The number of rotatable bonds is 17. The van der Waals surface area contributed by atoms with Crippen LogP contribution in [0.3, 0.4) is 0 Å². The summed E-state index contributed by atoms with van der Waals surface area (Å²) in [5.41, 5.74) is 1.63. The fourth-order valence-corrected chi connectivity index (χ4v) is 8.07. The van der Waals surface area contributed by atoms with E-state index in [-0.39, 0.29) is 48.6 Å². The molecule has 14 heteroatoms. The largest absolute Gasteiger partial charge is 0.478 e. The Hall–Kier alpha value is -4.30. The molecule has 2 aromatic carbocycles. The quantitative estimate of drug-likeness (QED) is 0.151. The molecule has 0 saturated carbocycles. The molecule has 6 rings (SSSR count). The maximum Gasteiger partial charge on any atom is 0.328 e. The van der Waals surface area contributed by atoms with Crippen molar-refractivity contribution < 1.29 is 33.0 Å². The molecule has 0 radical (unpaired) electrons. The van der Waals surface area contributed by atoms with E-state index in [4.69, 9.17) is 14.5 Å². The third-order valence-corrected chi connectivity index (χ3v) is 10.7. The van der Waals surface area contributed by atoms with Crippen LogP contribution in [-0.4, -0.2) is 80.3 Å². The summed E-state index contributed by atoms with van der Waals surface area (Å²) in [7, 11) is 0. The molecule has 4 heterocycles. The zero-order chi connectivity index (χ0) is 35.6. The molecule has 2 unspecified atom stereocenters. The molecule has 51 heavy (non-hydrogen) atoms. The Labute approximate surface area is 301 Å². The summed E-state index contributed by atoms with van der Waals surface area (Å²) in [6.07, 6.45) is 11.8. The maximum atomic E-state index is 14.8.